The van der Waals surface area contributed by atoms with Gasteiger partial charge in [0.05, 0.1) is 25.5 Å². The third kappa shape index (κ3) is 5.85. The van der Waals surface area contributed by atoms with E-state index in [1.807, 2.05) is 30.3 Å². The van der Waals surface area contributed by atoms with E-state index in [4.69, 9.17) is 9.47 Å². The zero-order valence-electron chi connectivity index (χ0n) is 23.2. The molecule has 9 heteroatoms. The highest BCUT2D eigenvalue weighted by atomic mass is 16.5. The number of benzene rings is 4. The molecule has 0 spiro atoms. The van der Waals surface area contributed by atoms with Gasteiger partial charge in [-0.2, -0.15) is 0 Å². The second-order valence-corrected chi connectivity index (χ2v) is 9.64. The molecular formula is C33H29N3O6. The second kappa shape index (κ2) is 12.4. The molecule has 1 heterocycles. The van der Waals surface area contributed by atoms with Crippen LogP contribution < -0.4 is 19.7 Å². The first-order chi connectivity index (χ1) is 20.4. The fourth-order valence-electron chi connectivity index (χ4n) is 4.88. The lowest BCUT2D eigenvalue weighted by molar-refractivity contribution is -0.139. The van der Waals surface area contributed by atoms with Gasteiger partial charge in [-0.25, -0.2) is 0 Å². The Hall–Kier alpha value is -5.44. The lowest BCUT2D eigenvalue weighted by atomic mass is 10.0. The molecule has 9 nitrogen and oxygen atoms in total. The SMILES string of the molecule is COc1ccc(NC(=O)[C@H](c2ccc(OC)cc2)N(Cc2ccccc2)C(=O)CN2C(=O)C(=O)c3ccccc32)cc1. The molecule has 0 saturated heterocycles. The molecule has 0 radical (unpaired) electrons. The lowest BCUT2D eigenvalue weighted by Gasteiger charge is -2.33. The van der Waals surface area contributed by atoms with Crippen LogP contribution in [0.1, 0.15) is 27.5 Å². The maximum Gasteiger partial charge on any atom is 0.299 e. The Balaban J connectivity index is 1.53. The normalized spacial score (nSPS) is 12.9. The van der Waals surface area contributed by atoms with Gasteiger partial charge >= 0.3 is 0 Å². The Kier molecular flexibility index (Phi) is 8.29. The van der Waals surface area contributed by atoms with Crippen molar-refractivity contribution >= 4 is 34.9 Å². The van der Waals surface area contributed by atoms with Crippen molar-refractivity contribution < 1.29 is 28.7 Å². The monoisotopic (exact) mass is 563 g/mol. The number of ether oxygens (including phenoxy) is 2. The van der Waals surface area contributed by atoms with E-state index < -0.39 is 36.1 Å². The zero-order chi connectivity index (χ0) is 29.6. The molecular weight excluding hydrogens is 534 g/mol. The first-order valence-corrected chi connectivity index (χ1v) is 13.3. The summed E-state index contributed by atoms with van der Waals surface area (Å²) in [6.45, 7) is -0.346. The predicted octanol–water partition coefficient (Wildman–Crippen LogP) is 4.64. The fourth-order valence-corrected chi connectivity index (χ4v) is 4.88. The summed E-state index contributed by atoms with van der Waals surface area (Å²) in [4.78, 5) is 56.3. The van der Waals surface area contributed by atoms with E-state index in [1.54, 1.807) is 87.0 Å². The minimum Gasteiger partial charge on any atom is -0.497 e. The number of amides is 3. The number of fused-ring (bicyclic) bond motifs is 1. The van der Waals surface area contributed by atoms with Gasteiger partial charge in [0.15, 0.2) is 0 Å². The van der Waals surface area contributed by atoms with Gasteiger partial charge in [0.1, 0.15) is 24.1 Å². The van der Waals surface area contributed by atoms with E-state index in [-0.39, 0.29) is 12.1 Å². The smallest absolute Gasteiger partial charge is 0.299 e. The molecule has 0 unspecified atom stereocenters. The number of ketones is 1. The summed E-state index contributed by atoms with van der Waals surface area (Å²) in [6.07, 6.45) is 0. The topological polar surface area (TPSA) is 105 Å². The highest BCUT2D eigenvalue weighted by Gasteiger charge is 2.39. The van der Waals surface area contributed by atoms with E-state index in [0.717, 1.165) is 5.56 Å². The van der Waals surface area contributed by atoms with Gasteiger partial charge in [0.25, 0.3) is 17.6 Å². The van der Waals surface area contributed by atoms with E-state index in [1.165, 1.54) is 9.80 Å². The van der Waals surface area contributed by atoms with Crippen molar-refractivity contribution in [3.05, 3.63) is 120 Å². The average molecular weight is 564 g/mol. The van der Waals surface area contributed by atoms with Gasteiger partial charge in [-0.05, 0) is 59.7 Å². The molecule has 0 bridgehead atoms. The number of methoxy groups -OCH3 is 2. The number of carbonyl (C=O) groups excluding carboxylic acids is 4. The third-order valence-electron chi connectivity index (χ3n) is 7.04. The van der Waals surface area contributed by atoms with Crippen LogP contribution in [0.15, 0.2) is 103 Å². The van der Waals surface area contributed by atoms with Gasteiger partial charge in [-0.3, -0.25) is 24.1 Å². The summed E-state index contributed by atoms with van der Waals surface area (Å²) < 4.78 is 10.5. The fraction of sp³-hybridized carbons (Fsp3) is 0.152. The molecule has 1 aliphatic heterocycles. The van der Waals surface area contributed by atoms with Crippen LogP contribution in [0, 0.1) is 0 Å². The second-order valence-electron chi connectivity index (χ2n) is 9.64. The van der Waals surface area contributed by atoms with Crippen molar-refractivity contribution in [3.63, 3.8) is 0 Å². The van der Waals surface area contributed by atoms with Crippen LogP contribution in [0.4, 0.5) is 11.4 Å². The maximum absolute atomic E-state index is 14.1. The van der Waals surface area contributed by atoms with Gasteiger partial charge < -0.3 is 19.7 Å². The highest BCUT2D eigenvalue weighted by molar-refractivity contribution is 6.52. The summed E-state index contributed by atoms with van der Waals surface area (Å²) >= 11 is 0. The summed E-state index contributed by atoms with van der Waals surface area (Å²) in [5.74, 6) is -1.21. The number of para-hydroxylation sites is 1. The summed E-state index contributed by atoms with van der Waals surface area (Å²) in [6, 6.07) is 28.5. The summed E-state index contributed by atoms with van der Waals surface area (Å²) in [5.41, 5.74) is 2.44. The van der Waals surface area contributed by atoms with Crippen LogP contribution in [-0.4, -0.2) is 49.2 Å². The maximum atomic E-state index is 14.1. The highest BCUT2D eigenvalue weighted by Crippen LogP contribution is 2.31. The summed E-state index contributed by atoms with van der Waals surface area (Å²) in [5, 5.41) is 2.91. The van der Waals surface area contributed by atoms with Crippen LogP contribution in [0.25, 0.3) is 0 Å². The minimum atomic E-state index is -1.09. The first-order valence-electron chi connectivity index (χ1n) is 13.3. The van der Waals surface area contributed by atoms with Crippen LogP contribution >= 0.6 is 0 Å². The van der Waals surface area contributed by atoms with Crippen LogP contribution in [0.5, 0.6) is 11.5 Å². The van der Waals surface area contributed by atoms with Crippen molar-refractivity contribution in [2.45, 2.75) is 12.6 Å². The molecule has 0 aromatic heterocycles. The Morgan fingerprint density at radius 3 is 2.02 bits per heavy atom. The zero-order valence-corrected chi connectivity index (χ0v) is 23.2. The Bertz CT molecular complexity index is 1600. The minimum absolute atomic E-state index is 0.0734. The largest absolute Gasteiger partial charge is 0.497 e. The quantitative estimate of drug-likeness (QED) is 0.282. The molecule has 212 valence electrons. The van der Waals surface area contributed by atoms with E-state index in [9.17, 15) is 19.2 Å². The van der Waals surface area contributed by atoms with Gasteiger partial charge in [0.2, 0.25) is 5.91 Å². The number of Topliss-reactive ketones (excluding diaryl/α,β-unsaturated/α-hetero) is 1. The average Bonchev–Trinajstić information content (AvgIpc) is 3.26. The van der Waals surface area contributed by atoms with Crippen LogP contribution in [-0.2, 0) is 20.9 Å². The van der Waals surface area contributed by atoms with Gasteiger partial charge in [0, 0.05) is 12.2 Å². The molecule has 42 heavy (non-hydrogen) atoms. The molecule has 5 rings (SSSR count). The molecule has 0 fully saturated rings. The van der Waals surface area contributed by atoms with Crippen molar-refractivity contribution in [2.75, 3.05) is 31.0 Å². The summed E-state index contributed by atoms with van der Waals surface area (Å²) in [7, 11) is 3.09. The number of carbonyl (C=O) groups is 4. The molecule has 1 aliphatic rings. The van der Waals surface area contributed by atoms with E-state index >= 15 is 0 Å². The van der Waals surface area contributed by atoms with Crippen LogP contribution in [0.3, 0.4) is 0 Å². The van der Waals surface area contributed by atoms with Crippen molar-refractivity contribution in [1.82, 2.24) is 4.90 Å². The van der Waals surface area contributed by atoms with E-state index in [0.29, 0.717) is 28.4 Å². The number of anilines is 2. The molecule has 0 saturated carbocycles. The third-order valence-corrected chi connectivity index (χ3v) is 7.04. The molecule has 3 amide bonds. The number of hydrogen-bond donors (Lipinski definition) is 1. The number of hydrogen-bond acceptors (Lipinski definition) is 6. The molecule has 1 N–H and O–H groups in total. The number of nitrogens with zero attached hydrogens (tertiary/aromatic N) is 2. The Morgan fingerprint density at radius 1 is 0.786 bits per heavy atom. The molecule has 4 aromatic rings. The predicted molar refractivity (Wildman–Crippen MR) is 157 cm³/mol. The van der Waals surface area contributed by atoms with E-state index in [2.05, 4.69) is 5.32 Å². The van der Waals surface area contributed by atoms with Crippen LogP contribution in [0.2, 0.25) is 0 Å². The Morgan fingerprint density at radius 2 is 1.38 bits per heavy atom. The van der Waals surface area contributed by atoms with Crippen molar-refractivity contribution in [2.24, 2.45) is 0 Å². The Labute approximate surface area is 243 Å². The first kappa shape index (κ1) is 28.1. The lowest BCUT2D eigenvalue weighted by Crippen LogP contribution is -2.46. The van der Waals surface area contributed by atoms with Gasteiger partial charge in [-0.1, -0.05) is 54.6 Å². The molecule has 4 aromatic carbocycles. The van der Waals surface area contributed by atoms with Crippen molar-refractivity contribution in [3.8, 4) is 11.5 Å². The molecule has 0 aliphatic carbocycles. The van der Waals surface area contributed by atoms with Crippen molar-refractivity contribution in [1.29, 1.82) is 0 Å². The number of rotatable bonds is 10. The van der Waals surface area contributed by atoms with Gasteiger partial charge in [-0.15, -0.1) is 0 Å². The standard InChI is InChI=1S/C33H29N3O6/c1-41-25-16-12-23(13-17-25)30(32(39)34-24-14-18-26(42-2)19-15-24)36(20-22-8-4-3-5-9-22)29(37)21-35-28-11-7-6-10-27(28)31(38)33(35)40/h3-19,30H,20-21H2,1-2H3,(H,34,39)/t30-/m0/s1. The number of nitrogens with one attached hydrogen (secondary N) is 1. The molecule has 1 atom stereocenters.